The zero-order valence-corrected chi connectivity index (χ0v) is 9.56. The summed E-state index contributed by atoms with van der Waals surface area (Å²) in [4.78, 5) is 0. The van der Waals surface area contributed by atoms with E-state index in [0.717, 1.165) is 32.2 Å². The first-order valence-electron chi connectivity index (χ1n) is 5.50. The van der Waals surface area contributed by atoms with E-state index in [-0.39, 0.29) is 0 Å². The first kappa shape index (κ1) is 12.9. The van der Waals surface area contributed by atoms with Crippen LogP contribution >= 0.6 is 0 Å². The van der Waals surface area contributed by atoms with Gasteiger partial charge in [-0.3, -0.25) is 0 Å². The van der Waals surface area contributed by atoms with Gasteiger partial charge < -0.3 is 10.4 Å². The van der Waals surface area contributed by atoms with Gasteiger partial charge in [0.2, 0.25) is 0 Å². The van der Waals surface area contributed by atoms with Gasteiger partial charge in [0.15, 0.2) is 0 Å². The highest BCUT2D eigenvalue weighted by atomic mass is 16.3. The maximum atomic E-state index is 10.1. The van der Waals surface area contributed by atoms with E-state index in [1.807, 2.05) is 0 Å². The van der Waals surface area contributed by atoms with Gasteiger partial charge in [0.25, 0.3) is 0 Å². The number of hydrogen-bond acceptors (Lipinski definition) is 2. The van der Waals surface area contributed by atoms with Crippen LogP contribution in [0, 0.1) is 0 Å². The van der Waals surface area contributed by atoms with Crippen LogP contribution in [0.4, 0.5) is 0 Å². The summed E-state index contributed by atoms with van der Waals surface area (Å²) >= 11 is 0. The molecule has 1 atom stereocenters. The predicted molar refractivity (Wildman–Crippen MR) is 57.9 cm³/mol. The van der Waals surface area contributed by atoms with Crippen LogP contribution in [0.15, 0.2) is 0 Å². The minimum atomic E-state index is -0.486. The van der Waals surface area contributed by atoms with E-state index < -0.39 is 5.60 Å². The Bertz CT molecular complexity index is 125. The Labute approximate surface area is 82.7 Å². The Morgan fingerprint density at radius 2 is 1.92 bits per heavy atom. The maximum absolute atomic E-state index is 10.1. The van der Waals surface area contributed by atoms with Gasteiger partial charge in [-0.2, -0.15) is 0 Å². The van der Waals surface area contributed by atoms with E-state index in [1.165, 1.54) is 0 Å². The zero-order valence-electron chi connectivity index (χ0n) is 9.56. The van der Waals surface area contributed by atoms with E-state index in [1.54, 1.807) is 0 Å². The molecule has 13 heavy (non-hydrogen) atoms. The quantitative estimate of drug-likeness (QED) is 0.641. The minimum Gasteiger partial charge on any atom is -0.389 e. The monoisotopic (exact) mass is 187 g/mol. The summed E-state index contributed by atoms with van der Waals surface area (Å²) in [6.45, 7) is 9.15. The summed E-state index contributed by atoms with van der Waals surface area (Å²) in [6, 6.07) is 0.458. The lowest BCUT2D eigenvalue weighted by Gasteiger charge is -2.28. The van der Waals surface area contributed by atoms with Crippen molar-refractivity contribution in [2.24, 2.45) is 0 Å². The SMILES string of the molecule is CCCCC(O)(CC)CNC(C)C. The number of rotatable bonds is 7. The highest BCUT2D eigenvalue weighted by molar-refractivity contribution is 4.79. The molecule has 0 radical (unpaired) electrons. The lowest BCUT2D eigenvalue weighted by molar-refractivity contribution is 0.0240. The lowest BCUT2D eigenvalue weighted by atomic mass is 9.93. The third-order valence-electron chi connectivity index (χ3n) is 2.49. The number of hydrogen-bond donors (Lipinski definition) is 2. The van der Waals surface area contributed by atoms with Gasteiger partial charge in [-0.25, -0.2) is 0 Å². The molecular formula is C11H25NO. The molecule has 0 aromatic heterocycles. The van der Waals surface area contributed by atoms with Crippen LogP contribution < -0.4 is 5.32 Å². The second kappa shape index (κ2) is 6.39. The number of unbranched alkanes of at least 4 members (excludes halogenated alkanes) is 1. The molecule has 80 valence electrons. The van der Waals surface area contributed by atoms with Gasteiger partial charge >= 0.3 is 0 Å². The Balaban J connectivity index is 3.81. The molecule has 2 nitrogen and oxygen atoms in total. The largest absolute Gasteiger partial charge is 0.389 e. The summed E-state index contributed by atoms with van der Waals surface area (Å²) < 4.78 is 0. The molecule has 0 aromatic rings. The van der Waals surface area contributed by atoms with Crippen molar-refractivity contribution < 1.29 is 5.11 Å². The third-order valence-corrected chi connectivity index (χ3v) is 2.49. The molecule has 0 fully saturated rings. The van der Waals surface area contributed by atoms with Gasteiger partial charge in [-0.1, -0.05) is 40.5 Å². The molecular weight excluding hydrogens is 162 g/mol. The van der Waals surface area contributed by atoms with E-state index >= 15 is 0 Å². The second-order valence-corrected chi connectivity index (χ2v) is 4.22. The van der Waals surface area contributed by atoms with Crippen LogP contribution in [0.3, 0.4) is 0 Å². The van der Waals surface area contributed by atoms with Crippen LogP contribution in [0.1, 0.15) is 53.4 Å². The molecule has 0 bridgehead atoms. The van der Waals surface area contributed by atoms with E-state index in [0.29, 0.717) is 6.04 Å². The Morgan fingerprint density at radius 3 is 2.31 bits per heavy atom. The standard InChI is InChI=1S/C11H25NO/c1-5-7-8-11(13,6-2)9-12-10(3)4/h10,12-13H,5-9H2,1-4H3. The fraction of sp³-hybridized carbons (Fsp3) is 1.00. The van der Waals surface area contributed by atoms with Crippen molar-refractivity contribution in [3.63, 3.8) is 0 Å². The van der Waals surface area contributed by atoms with Crippen LogP contribution in [0.5, 0.6) is 0 Å². The first-order valence-corrected chi connectivity index (χ1v) is 5.50. The summed E-state index contributed by atoms with van der Waals surface area (Å²) in [5.74, 6) is 0. The van der Waals surface area contributed by atoms with Crippen LogP contribution in [0.2, 0.25) is 0 Å². The van der Waals surface area contributed by atoms with Crippen molar-refractivity contribution in [2.75, 3.05) is 6.54 Å². The van der Waals surface area contributed by atoms with Gasteiger partial charge in [-0.15, -0.1) is 0 Å². The van der Waals surface area contributed by atoms with E-state index in [4.69, 9.17) is 0 Å². The molecule has 1 unspecified atom stereocenters. The van der Waals surface area contributed by atoms with Crippen LogP contribution in [-0.2, 0) is 0 Å². The summed E-state index contributed by atoms with van der Waals surface area (Å²) in [6.07, 6.45) is 4.03. The Kier molecular flexibility index (Phi) is 6.35. The molecule has 0 aliphatic heterocycles. The minimum absolute atomic E-state index is 0.458. The van der Waals surface area contributed by atoms with Gasteiger partial charge in [0, 0.05) is 12.6 Å². The molecule has 0 saturated heterocycles. The molecule has 0 saturated carbocycles. The highest BCUT2D eigenvalue weighted by Gasteiger charge is 2.23. The smallest absolute Gasteiger partial charge is 0.0769 e. The number of aliphatic hydroxyl groups is 1. The van der Waals surface area contributed by atoms with Gasteiger partial charge in [0.1, 0.15) is 0 Å². The van der Waals surface area contributed by atoms with E-state index in [9.17, 15) is 5.11 Å². The molecule has 0 aromatic carbocycles. The van der Waals surface area contributed by atoms with Crippen LogP contribution in [-0.4, -0.2) is 23.3 Å². The molecule has 0 rings (SSSR count). The van der Waals surface area contributed by atoms with Gasteiger partial charge in [0.05, 0.1) is 5.60 Å². The summed E-state index contributed by atoms with van der Waals surface area (Å²) in [7, 11) is 0. The fourth-order valence-electron chi connectivity index (χ4n) is 1.29. The van der Waals surface area contributed by atoms with Crippen molar-refractivity contribution in [1.82, 2.24) is 5.32 Å². The third kappa shape index (κ3) is 6.05. The highest BCUT2D eigenvalue weighted by Crippen LogP contribution is 2.17. The maximum Gasteiger partial charge on any atom is 0.0769 e. The van der Waals surface area contributed by atoms with Crippen molar-refractivity contribution in [1.29, 1.82) is 0 Å². The van der Waals surface area contributed by atoms with Crippen molar-refractivity contribution in [3.8, 4) is 0 Å². The molecule has 0 amide bonds. The zero-order chi connectivity index (χ0) is 10.3. The topological polar surface area (TPSA) is 32.3 Å². The average molecular weight is 187 g/mol. The van der Waals surface area contributed by atoms with Crippen LogP contribution in [0.25, 0.3) is 0 Å². The summed E-state index contributed by atoms with van der Waals surface area (Å²) in [5.41, 5.74) is -0.486. The molecule has 0 spiro atoms. The fourth-order valence-corrected chi connectivity index (χ4v) is 1.29. The Morgan fingerprint density at radius 1 is 1.31 bits per heavy atom. The normalized spacial score (nSPS) is 16.2. The molecule has 2 N–H and O–H groups in total. The molecule has 2 heteroatoms. The van der Waals surface area contributed by atoms with Crippen molar-refractivity contribution >= 4 is 0 Å². The lowest BCUT2D eigenvalue weighted by Crippen LogP contribution is -2.42. The molecule has 0 heterocycles. The van der Waals surface area contributed by atoms with Crippen molar-refractivity contribution in [3.05, 3.63) is 0 Å². The van der Waals surface area contributed by atoms with Gasteiger partial charge in [-0.05, 0) is 12.8 Å². The molecule has 0 aliphatic carbocycles. The number of nitrogens with one attached hydrogen (secondary N) is 1. The predicted octanol–water partition coefficient (Wildman–Crippen LogP) is 2.32. The van der Waals surface area contributed by atoms with Crippen molar-refractivity contribution in [2.45, 2.75) is 65.0 Å². The first-order chi connectivity index (χ1) is 6.04. The second-order valence-electron chi connectivity index (χ2n) is 4.22. The average Bonchev–Trinajstić information content (AvgIpc) is 2.11. The summed E-state index contributed by atoms with van der Waals surface area (Å²) in [5, 5.41) is 13.4. The Hall–Kier alpha value is -0.0800. The molecule has 0 aliphatic rings. The van der Waals surface area contributed by atoms with E-state index in [2.05, 4.69) is 33.0 Å².